The Morgan fingerprint density at radius 1 is 1.28 bits per heavy atom. The number of hydrogen-bond donors (Lipinski definition) is 1. The zero-order valence-corrected chi connectivity index (χ0v) is 10.5. The van der Waals surface area contributed by atoms with Gasteiger partial charge in [-0.25, -0.2) is 0 Å². The van der Waals surface area contributed by atoms with Crippen LogP contribution in [-0.2, 0) is 0 Å². The average molecular weight is 250 g/mol. The first-order valence-corrected chi connectivity index (χ1v) is 6.23. The third-order valence-electron chi connectivity index (χ3n) is 3.71. The summed E-state index contributed by atoms with van der Waals surface area (Å²) in [5.74, 6) is 1.62. The van der Waals surface area contributed by atoms with Crippen LogP contribution in [0.25, 0.3) is 0 Å². The van der Waals surface area contributed by atoms with E-state index in [0.29, 0.717) is 6.79 Å². The van der Waals surface area contributed by atoms with E-state index in [9.17, 15) is 5.11 Å². The third kappa shape index (κ3) is 2.00. The molecule has 18 heavy (non-hydrogen) atoms. The summed E-state index contributed by atoms with van der Waals surface area (Å²) in [5, 5.41) is 9.37. The fourth-order valence-electron chi connectivity index (χ4n) is 2.46. The Morgan fingerprint density at radius 2 is 2.11 bits per heavy atom. The second kappa shape index (κ2) is 4.66. The summed E-state index contributed by atoms with van der Waals surface area (Å²) < 4.78 is 10.7. The summed E-state index contributed by atoms with van der Waals surface area (Å²) in [6, 6.07) is 6.21. The van der Waals surface area contributed by atoms with Crippen LogP contribution in [0.4, 0.5) is 5.69 Å². The van der Waals surface area contributed by atoms with Gasteiger partial charge in [-0.15, -0.1) is 0 Å². The number of benzene rings is 1. The molecule has 3 rings (SSSR count). The third-order valence-corrected chi connectivity index (χ3v) is 3.71. The molecule has 5 heteroatoms. The highest BCUT2D eigenvalue weighted by Crippen LogP contribution is 2.35. The first kappa shape index (κ1) is 11.6. The molecule has 98 valence electrons. The van der Waals surface area contributed by atoms with E-state index in [1.165, 1.54) is 0 Å². The molecule has 5 nitrogen and oxygen atoms in total. The normalized spacial score (nSPS) is 23.4. The summed E-state index contributed by atoms with van der Waals surface area (Å²) in [5.41, 5.74) is 1.13. The van der Waals surface area contributed by atoms with Gasteiger partial charge in [0.05, 0.1) is 12.6 Å². The second-order valence-corrected chi connectivity index (χ2v) is 4.80. The maximum Gasteiger partial charge on any atom is 0.231 e. The summed E-state index contributed by atoms with van der Waals surface area (Å²) >= 11 is 0. The minimum absolute atomic E-state index is 0.192. The van der Waals surface area contributed by atoms with E-state index in [1.54, 1.807) is 0 Å². The van der Waals surface area contributed by atoms with Crippen molar-refractivity contribution in [3.8, 4) is 11.5 Å². The first-order chi connectivity index (χ1) is 8.78. The number of piperazine rings is 1. The molecule has 2 heterocycles. The molecule has 0 amide bonds. The van der Waals surface area contributed by atoms with Crippen molar-refractivity contribution >= 4 is 5.69 Å². The van der Waals surface area contributed by atoms with E-state index < -0.39 is 0 Å². The molecule has 0 bridgehead atoms. The maximum absolute atomic E-state index is 9.37. The summed E-state index contributed by atoms with van der Waals surface area (Å²) in [4.78, 5) is 4.48. The number of hydrogen-bond acceptors (Lipinski definition) is 5. The average Bonchev–Trinajstić information content (AvgIpc) is 2.86. The lowest BCUT2D eigenvalue weighted by atomic mass is 10.1. The van der Waals surface area contributed by atoms with Crippen LogP contribution in [0, 0.1) is 0 Å². The fourth-order valence-corrected chi connectivity index (χ4v) is 2.46. The van der Waals surface area contributed by atoms with Crippen molar-refractivity contribution in [3.63, 3.8) is 0 Å². The molecule has 1 N–H and O–H groups in total. The Bertz CT molecular complexity index is 438. The van der Waals surface area contributed by atoms with Crippen molar-refractivity contribution in [2.75, 3.05) is 45.0 Å². The van der Waals surface area contributed by atoms with E-state index >= 15 is 0 Å². The summed E-state index contributed by atoms with van der Waals surface area (Å²) in [7, 11) is 2.05. The molecule has 1 saturated heterocycles. The summed E-state index contributed by atoms with van der Waals surface area (Å²) in [6.07, 6.45) is 0. The highest BCUT2D eigenvalue weighted by atomic mass is 16.7. The van der Waals surface area contributed by atoms with Crippen LogP contribution < -0.4 is 14.4 Å². The van der Waals surface area contributed by atoms with Gasteiger partial charge in [0.2, 0.25) is 6.79 Å². The minimum Gasteiger partial charge on any atom is -0.454 e. The Labute approximate surface area is 107 Å². The molecule has 1 fully saturated rings. The molecular weight excluding hydrogens is 232 g/mol. The largest absolute Gasteiger partial charge is 0.454 e. The van der Waals surface area contributed by atoms with Crippen molar-refractivity contribution in [2.45, 2.75) is 6.04 Å². The molecule has 0 spiro atoms. The van der Waals surface area contributed by atoms with Gasteiger partial charge in [0.25, 0.3) is 0 Å². The van der Waals surface area contributed by atoms with E-state index in [1.807, 2.05) is 18.2 Å². The molecule has 1 unspecified atom stereocenters. The predicted molar refractivity (Wildman–Crippen MR) is 68.3 cm³/mol. The molecule has 0 radical (unpaired) electrons. The smallest absolute Gasteiger partial charge is 0.231 e. The number of likely N-dealkylation sites (N-methyl/N-ethyl adjacent to an activating group) is 1. The number of anilines is 1. The van der Waals surface area contributed by atoms with E-state index in [-0.39, 0.29) is 12.6 Å². The zero-order valence-electron chi connectivity index (χ0n) is 10.5. The van der Waals surface area contributed by atoms with Gasteiger partial charge in [-0.3, -0.25) is 4.90 Å². The molecule has 1 aromatic carbocycles. The lowest BCUT2D eigenvalue weighted by molar-refractivity contribution is 0.135. The van der Waals surface area contributed by atoms with Gasteiger partial charge in [-0.1, -0.05) is 0 Å². The van der Waals surface area contributed by atoms with E-state index in [4.69, 9.17) is 9.47 Å². The number of nitrogens with zero attached hydrogens (tertiary/aromatic N) is 2. The van der Waals surface area contributed by atoms with Gasteiger partial charge in [0, 0.05) is 31.4 Å². The van der Waals surface area contributed by atoms with Crippen LogP contribution in [0.3, 0.4) is 0 Å². The van der Waals surface area contributed by atoms with E-state index in [0.717, 1.165) is 36.8 Å². The van der Waals surface area contributed by atoms with Crippen LogP contribution in [-0.4, -0.2) is 56.1 Å². The second-order valence-electron chi connectivity index (χ2n) is 4.80. The van der Waals surface area contributed by atoms with Crippen LogP contribution in [0.15, 0.2) is 18.2 Å². The van der Waals surface area contributed by atoms with Crippen LogP contribution in [0.2, 0.25) is 0 Å². The Morgan fingerprint density at radius 3 is 2.94 bits per heavy atom. The van der Waals surface area contributed by atoms with E-state index in [2.05, 4.69) is 16.8 Å². The topological polar surface area (TPSA) is 45.2 Å². The predicted octanol–water partition coefficient (Wildman–Crippen LogP) is 0.528. The number of fused-ring (bicyclic) bond motifs is 1. The van der Waals surface area contributed by atoms with Gasteiger partial charge in [-0.05, 0) is 19.2 Å². The van der Waals surface area contributed by atoms with Crippen molar-refractivity contribution < 1.29 is 14.6 Å². The van der Waals surface area contributed by atoms with Crippen LogP contribution in [0.1, 0.15) is 0 Å². The lowest BCUT2D eigenvalue weighted by Crippen LogP contribution is -2.53. The first-order valence-electron chi connectivity index (χ1n) is 6.23. The molecule has 2 aliphatic rings. The number of aliphatic hydroxyl groups is 1. The van der Waals surface area contributed by atoms with Gasteiger partial charge >= 0.3 is 0 Å². The molecule has 1 aromatic rings. The molecular formula is C13H18N2O3. The number of aliphatic hydroxyl groups excluding tert-OH is 1. The van der Waals surface area contributed by atoms with Crippen molar-refractivity contribution in [1.82, 2.24) is 4.90 Å². The standard InChI is InChI=1S/C13H18N2O3/c1-14-4-5-15(7-11(14)8-16)10-2-3-12-13(6-10)18-9-17-12/h2-3,6,11,16H,4-5,7-9H2,1H3. The highest BCUT2D eigenvalue weighted by molar-refractivity contribution is 5.57. The molecule has 1 atom stereocenters. The lowest BCUT2D eigenvalue weighted by Gasteiger charge is -2.39. The van der Waals surface area contributed by atoms with Gasteiger partial charge in [0.1, 0.15) is 0 Å². The number of ether oxygens (including phenoxy) is 2. The highest BCUT2D eigenvalue weighted by Gasteiger charge is 2.25. The Balaban J connectivity index is 1.78. The minimum atomic E-state index is 0.192. The van der Waals surface area contributed by atoms with Gasteiger partial charge in [-0.2, -0.15) is 0 Å². The zero-order chi connectivity index (χ0) is 12.5. The van der Waals surface area contributed by atoms with Gasteiger partial charge in [0.15, 0.2) is 11.5 Å². The Hall–Kier alpha value is -1.46. The maximum atomic E-state index is 9.37. The molecule has 2 aliphatic heterocycles. The van der Waals surface area contributed by atoms with Crippen molar-refractivity contribution in [1.29, 1.82) is 0 Å². The summed E-state index contributed by atoms with van der Waals surface area (Å²) in [6.45, 7) is 3.26. The number of rotatable bonds is 2. The van der Waals surface area contributed by atoms with Crippen LogP contribution >= 0.6 is 0 Å². The van der Waals surface area contributed by atoms with Crippen LogP contribution in [0.5, 0.6) is 11.5 Å². The monoisotopic (exact) mass is 250 g/mol. The van der Waals surface area contributed by atoms with Crippen molar-refractivity contribution in [3.05, 3.63) is 18.2 Å². The van der Waals surface area contributed by atoms with Gasteiger partial charge < -0.3 is 19.5 Å². The SMILES string of the molecule is CN1CCN(c2ccc3c(c2)OCO3)CC1CO. The quantitative estimate of drug-likeness (QED) is 0.829. The molecule has 0 aromatic heterocycles. The fraction of sp³-hybridized carbons (Fsp3) is 0.538. The Kier molecular flexibility index (Phi) is 3.01. The van der Waals surface area contributed by atoms with Crippen molar-refractivity contribution in [2.24, 2.45) is 0 Å². The molecule has 0 saturated carbocycles. The molecule has 0 aliphatic carbocycles.